The zero-order valence-corrected chi connectivity index (χ0v) is 17.6. The number of halogens is 3. The number of aryl methyl sites for hydroxylation is 1. The summed E-state index contributed by atoms with van der Waals surface area (Å²) < 4.78 is 51.8. The zero-order valence-electron chi connectivity index (χ0n) is 16.8. The minimum atomic E-state index is -4.82. The van der Waals surface area contributed by atoms with Crippen LogP contribution in [0.1, 0.15) is 10.6 Å². The Hall–Kier alpha value is -3.94. The summed E-state index contributed by atoms with van der Waals surface area (Å²) in [6.07, 6.45) is -4.82. The van der Waals surface area contributed by atoms with Crippen molar-refractivity contribution in [1.82, 2.24) is 25.2 Å². The summed E-state index contributed by atoms with van der Waals surface area (Å²) in [4.78, 5) is 28.5. The van der Waals surface area contributed by atoms with Gasteiger partial charge in [0.1, 0.15) is 18.0 Å². The van der Waals surface area contributed by atoms with Gasteiger partial charge in [-0.15, -0.1) is 29.6 Å². The summed E-state index contributed by atoms with van der Waals surface area (Å²) in [7, 11) is 0. The van der Waals surface area contributed by atoms with Gasteiger partial charge < -0.3 is 19.0 Å². The Morgan fingerprint density at radius 2 is 2.09 bits per heavy atom. The molecule has 0 aliphatic carbocycles. The molecule has 0 spiro atoms. The molecule has 1 aromatic carbocycles. The van der Waals surface area contributed by atoms with Crippen molar-refractivity contribution in [3.05, 3.63) is 56.8 Å². The number of amides is 1. The number of thiazole rings is 1. The molecule has 0 atom stereocenters. The number of carbonyl (C=O) groups excluding carboxylic acids is 1. The summed E-state index contributed by atoms with van der Waals surface area (Å²) in [6, 6.07) is 6.65. The SMILES string of the molecule is Cc1nc(-c2cc(-c3nn(CC(=O)NCc4cccc(OC(F)(F)F)c4)c(=O)o3)no2)cs1. The Kier molecular flexibility index (Phi) is 6.00. The van der Waals surface area contributed by atoms with Crippen molar-refractivity contribution < 1.29 is 31.6 Å². The Labute approximate surface area is 186 Å². The predicted octanol–water partition coefficient (Wildman–Crippen LogP) is 3.14. The number of benzene rings is 1. The highest BCUT2D eigenvalue weighted by atomic mass is 32.1. The van der Waals surface area contributed by atoms with Crippen LogP contribution in [0.5, 0.6) is 5.75 Å². The molecule has 1 amide bonds. The number of aromatic nitrogens is 4. The highest BCUT2D eigenvalue weighted by Gasteiger charge is 2.31. The number of carbonyl (C=O) groups is 1. The maximum absolute atomic E-state index is 12.3. The number of nitrogens with one attached hydrogen (secondary N) is 1. The second-order valence-corrected chi connectivity index (χ2v) is 7.69. The highest BCUT2D eigenvalue weighted by Crippen LogP contribution is 2.26. The van der Waals surface area contributed by atoms with E-state index in [1.165, 1.54) is 29.5 Å². The van der Waals surface area contributed by atoms with E-state index in [0.29, 0.717) is 17.0 Å². The first kappa shape index (κ1) is 22.3. The summed E-state index contributed by atoms with van der Waals surface area (Å²) in [6.45, 7) is 1.27. The Morgan fingerprint density at radius 3 is 2.82 bits per heavy atom. The monoisotopic (exact) mass is 481 g/mol. The Morgan fingerprint density at radius 1 is 1.27 bits per heavy atom. The molecule has 0 unspecified atom stereocenters. The van der Waals surface area contributed by atoms with Crippen LogP contribution in [-0.4, -0.2) is 32.2 Å². The van der Waals surface area contributed by atoms with E-state index in [-0.39, 0.29) is 18.1 Å². The summed E-state index contributed by atoms with van der Waals surface area (Å²) in [5, 5.41) is 12.8. The van der Waals surface area contributed by atoms with Gasteiger partial charge in [0.25, 0.3) is 5.89 Å². The normalized spacial score (nSPS) is 11.5. The third-order valence-electron chi connectivity index (χ3n) is 4.12. The van der Waals surface area contributed by atoms with Gasteiger partial charge >= 0.3 is 12.1 Å². The molecule has 3 aromatic heterocycles. The molecule has 14 heteroatoms. The average Bonchev–Trinajstić information content (AvgIpc) is 3.46. The lowest BCUT2D eigenvalue weighted by Crippen LogP contribution is -2.31. The molecule has 1 N–H and O–H groups in total. The third kappa shape index (κ3) is 5.65. The van der Waals surface area contributed by atoms with Crippen molar-refractivity contribution in [1.29, 1.82) is 0 Å². The molecule has 0 fully saturated rings. The van der Waals surface area contributed by atoms with Gasteiger partial charge in [-0.3, -0.25) is 4.79 Å². The van der Waals surface area contributed by atoms with E-state index in [4.69, 9.17) is 8.94 Å². The maximum atomic E-state index is 12.3. The van der Waals surface area contributed by atoms with Crippen LogP contribution in [0.15, 0.2) is 49.4 Å². The molecule has 0 saturated heterocycles. The van der Waals surface area contributed by atoms with Gasteiger partial charge in [0, 0.05) is 18.0 Å². The first-order valence-electron chi connectivity index (χ1n) is 9.25. The average molecular weight is 481 g/mol. The van der Waals surface area contributed by atoms with Crippen LogP contribution in [0.4, 0.5) is 13.2 Å². The van der Waals surface area contributed by atoms with Crippen molar-refractivity contribution in [2.24, 2.45) is 0 Å². The Balaban J connectivity index is 1.38. The molecule has 0 radical (unpaired) electrons. The zero-order chi connectivity index (χ0) is 23.6. The standard InChI is InChI=1S/C19H14F3N5O5S/c1-10-24-14(9-33-10)15-6-13(26-32-15)17-25-27(18(29)30-17)8-16(28)23-7-11-3-2-4-12(5-11)31-19(20,21)22/h2-6,9H,7-8H2,1H3,(H,23,28). The van der Waals surface area contributed by atoms with E-state index in [1.807, 2.05) is 6.92 Å². The first-order valence-corrected chi connectivity index (χ1v) is 10.1. The number of ether oxygens (including phenoxy) is 1. The van der Waals surface area contributed by atoms with E-state index < -0.39 is 30.3 Å². The minimum Gasteiger partial charge on any atom is -0.406 e. The lowest BCUT2D eigenvalue weighted by Gasteiger charge is -2.10. The molecule has 4 aromatic rings. The second-order valence-electron chi connectivity index (χ2n) is 6.63. The molecule has 4 rings (SSSR count). The fraction of sp³-hybridized carbons (Fsp3) is 0.211. The summed E-state index contributed by atoms with van der Waals surface area (Å²) in [5.41, 5.74) is 1.08. The van der Waals surface area contributed by atoms with Crippen molar-refractivity contribution in [3.8, 4) is 28.8 Å². The van der Waals surface area contributed by atoms with Gasteiger partial charge in [-0.25, -0.2) is 9.78 Å². The molecule has 0 aliphatic heterocycles. The molecule has 0 aliphatic rings. The third-order valence-corrected chi connectivity index (χ3v) is 4.90. The fourth-order valence-electron chi connectivity index (χ4n) is 2.73. The van der Waals surface area contributed by atoms with Gasteiger partial charge in [0.2, 0.25) is 5.91 Å². The number of nitrogens with zero attached hydrogens (tertiary/aromatic N) is 4. The summed E-state index contributed by atoms with van der Waals surface area (Å²) >= 11 is 1.43. The van der Waals surface area contributed by atoms with E-state index in [9.17, 15) is 22.8 Å². The van der Waals surface area contributed by atoms with Gasteiger partial charge in [-0.2, -0.15) is 4.68 Å². The Bertz CT molecular complexity index is 1340. The molecule has 0 saturated carbocycles. The molecular weight excluding hydrogens is 467 g/mol. The predicted molar refractivity (Wildman–Crippen MR) is 107 cm³/mol. The van der Waals surface area contributed by atoms with Gasteiger partial charge in [-0.05, 0) is 24.6 Å². The van der Waals surface area contributed by atoms with Crippen LogP contribution in [0, 0.1) is 6.92 Å². The largest absolute Gasteiger partial charge is 0.573 e. The smallest absolute Gasteiger partial charge is 0.406 e. The van der Waals surface area contributed by atoms with E-state index in [2.05, 4.69) is 25.3 Å². The van der Waals surface area contributed by atoms with Gasteiger partial charge in [-0.1, -0.05) is 17.3 Å². The molecule has 3 heterocycles. The van der Waals surface area contributed by atoms with Crippen LogP contribution < -0.4 is 15.8 Å². The molecule has 0 bridgehead atoms. The number of hydrogen-bond acceptors (Lipinski definition) is 9. The van der Waals surface area contributed by atoms with Crippen molar-refractivity contribution in [2.75, 3.05) is 0 Å². The van der Waals surface area contributed by atoms with E-state index >= 15 is 0 Å². The van der Waals surface area contributed by atoms with E-state index in [1.54, 1.807) is 5.38 Å². The summed E-state index contributed by atoms with van der Waals surface area (Å²) in [5.74, 6) is -1.70. The van der Waals surface area contributed by atoms with Gasteiger partial charge in [0.15, 0.2) is 11.5 Å². The van der Waals surface area contributed by atoms with Crippen LogP contribution in [0.25, 0.3) is 23.0 Å². The first-order chi connectivity index (χ1) is 15.7. The number of hydrogen-bond donors (Lipinski definition) is 1. The van der Waals surface area contributed by atoms with Crippen molar-refractivity contribution in [2.45, 2.75) is 26.4 Å². The topological polar surface area (TPSA) is 125 Å². The quantitative estimate of drug-likeness (QED) is 0.427. The van der Waals surface area contributed by atoms with Crippen LogP contribution in [0.3, 0.4) is 0 Å². The fourth-order valence-corrected chi connectivity index (χ4v) is 3.33. The second kappa shape index (κ2) is 8.90. The molecular formula is C19H14F3N5O5S. The molecule has 172 valence electrons. The lowest BCUT2D eigenvalue weighted by atomic mass is 10.2. The molecule has 10 nitrogen and oxygen atoms in total. The lowest BCUT2D eigenvalue weighted by molar-refractivity contribution is -0.274. The van der Waals surface area contributed by atoms with Crippen LogP contribution in [-0.2, 0) is 17.9 Å². The van der Waals surface area contributed by atoms with Crippen LogP contribution in [0.2, 0.25) is 0 Å². The number of rotatable bonds is 7. The number of alkyl halides is 3. The van der Waals surface area contributed by atoms with Crippen molar-refractivity contribution >= 4 is 17.2 Å². The maximum Gasteiger partial charge on any atom is 0.573 e. The highest BCUT2D eigenvalue weighted by molar-refractivity contribution is 7.09. The van der Waals surface area contributed by atoms with Gasteiger partial charge in [0.05, 0.1) is 5.01 Å². The van der Waals surface area contributed by atoms with E-state index in [0.717, 1.165) is 21.8 Å². The molecule has 33 heavy (non-hydrogen) atoms. The van der Waals surface area contributed by atoms with Crippen molar-refractivity contribution in [3.63, 3.8) is 0 Å². The minimum absolute atomic E-state index is 0.0902. The van der Waals surface area contributed by atoms with Crippen LogP contribution >= 0.6 is 11.3 Å².